The maximum absolute atomic E-state index is 14.9. The molecule has 30 heavy (non-hydrogen) atoms. The lowest BCUT2D eigenvalue weighted by molar-refractivity contribution is -0.0604. The fourth-order valence-corrected chi connectivity index (χ4v) is 5.46. The maximum Gasteiger partial charge on any atom is 0.490 e. The van der Waals surface area contributed by atoms with Crippen molar-refractivity contribution in [3.8, 4) is 0 Å². The third kappa shape index (κ3) is 6.23. The van der Waals surface area contributed by atoms with E-state index in [2.05, 4.69) is 13.1 Å². The van der Waals surface area contributed by atoms with Gasteiger partial charge >= 0.3 is 29.2 Å². The first-order valence-corrected chi connectivity index (χ1v) is 12.1. The Morgan fingerprint density at radius 1 is 1.20 bits per heavy atom. The molecule has 0 radical (unpaired) electrons. The molecule has 3 unspecified atom stereocenters. The lowest BCUT2D eigenvalue weighted by Crippen LogP contribution is -2.43. The minimum atomic E-state index is -5.77. The maximum atomic E-state index is 14.9. The van der Waals surface area contributed by atoms with Crippen molar-refractivity contribution < 1.29 is 60.6 Å². The average molecular weight is 500 g/mol. The number of aromatic nitrogens is 2. The highest BCUT2D eigenvalue weighted by Crippen LogP contribution is 2.66. The van der Waals surface area contributed by atoms with Crippen LogP contribution in [0.3, 0.4) is 0 Å². The zero-order valence-electron chi connectivity index (χ0n) is 14.7. The van der Waals surface area contributed by atoms with Crippen LogP contribution < -0.4 is 11.2 Å². The molecular weight excluding hydrogens is 484 g/mol. The molecule has 0 bridgehead atoms. The first-order chi connectivity index (χ1) is 13.4. The highest BCUT2D eigenvalue weighted by Gasteiger charge is 2.56. The number of aromatic amines is 1. The van der Waals surface area contributed by atoms with Crippen LogP contribution in [0.1, 0.15) is 13.2 Å². The van der Waals surface area contributed by atoms with Gasteiger partial charge in [0.15, 0.2) is 11.9 Å². The van der Waals surface area contributed by atoms with Crippen LogP contribution in [0.5, 0.6) is 0 Å². The van der Waals surface area contributed by atoms with Gasteiger partial charge in [-0.3, -0.25) is 18.9 Å². The highest BCUT2D eigenvalue weighted by atomic mass is 31.3. The summed E-state index contributed by atoms with van der Waals surface area (Å²) in [5, 5.41) is 10.1. The molecule has 16 nitrogen and oxygen atoms in total. The monoisotopic (exact) mass is 500 g/mol. The minimum Gasteiger partial charge on any atom is -0.387 e. The molecule has 1 aliphatic rings. The third-order valence-electron chi connectivity index (χ3n) is 3.64. The molecule has 2 heterocycles. The number of phosphoric acid groups is 3. The van der Waals surface area contributed by atoms with E-state index >= 15 is 0 Å². The summed E-state index contributed by atoms with van der Waals surface area (Å²) in [4.78, 5) is 60.1. The number of hydrogen-bond donors (Lipinski definition) is 6. The Balaban J connectivity index is 2.13. The van der Waals surface area contributed by atoms with Crippen LogP contribution in [-0.2, 0) is 31.6 Å². The number of alkyl halides is 1. The summed E-state index contributed by atoms with van der Waals surface area (Å²) < 4.78 is 65.4. The summed E-state index contributed by atoms with van der Waals surface area (Å²) in [6.45, 7) is -0.316. The molecule has 1 fully saturated rings. The molecule has 0 spiro atoms. The topological polar surface area (TPSA) is 244 Å². The van der Waals surface area contributed by atoms with Crippen molar-refractivity contribution in [3.63, 3.8) is 0 Å². The average Bonchev–Trinajstić information content (AvgIpc) is 2.73. The van der Waals surface area contributed by atoms with Gasteiger partial charge in [0.1, 0.15) is 12.2 Å². The molecule has 1 aliphatic heterocycles. The van der Waals surface area contributed by atoms with Crippen LogP contribution in [0.2, 0.25) is 0 Å². The van der Waals surface area contributed by atoms with Gasteiger partial charge in [0, 0.05) is 12.3 Å². The zero-order chi connectivity index (χ0) is 23.1. The molecule has 1 saturated heterocycles. The molecular formula is C10H16FN2O14P3. The van der Waals surface area contributed by atoms with Crippen LogP contribution in [0.15, 0.2) is 21.9 Å². The minimum absolute atomic E-state index is 0.593. The predicted molar refractivity (Wildman–Crippen MR) is 90.6 cm³/mol. The van der Waals surface area contributed by atoms with Crippen LogP contribution in [0.25, 0.3) is 0 Å². The molecule has 0 saturated carbocycles. The molecule has 6 atom stereocenters. The molecule has 1 aromatic rings. The van der Waals surface area contributed by atoms with Crippen molar-refractivity contribution in [1.29, 1.82) is 0 Å². The van der Waals surface area contributed by atoms with Crippen LogP contribution >= 0.6 is 23.5 Å². The van der Waals surface area contributed by atoms with E-state index in [1.807, 2.05) is 4.98 Å². The van der Waals surface area contributed by atoms with Gasteiger partial charge in [-0.05, 0) is 6.92 Å². The van der Waals surface area contributed by atoms with Gasteiger partial charge in [-0.25, -0.2) is 22.9 Å². The second kappa shape index (κ2) is 8.47. The Morgan fingerprint density at radius 2 is 1.80 bits per heavy atom. The van der Waals surface area contributed by atoms with Gasteiger partial charge in [0.25, 0.3) is 5.56 Å². The van der Waals surface area contributed by atoms with Gasteiger partial charge < -0.3 is 29.4 Å². The second-order valence-electron chi connectivity index (χ2n) is 6.03. The molecule has 1 aromatic heterocycles. The summed E-state index contributed by atoms with van der Waals surface area (Å²) in [5.41, 5.74) is -4.55. The number of rotatable bonds is 8. The SMILES string of the molecule is C[C@@]1(F)C(O)[C@@H](COP(=O)(O)OP(=O)(O)OP(=O)(O)O)O[C@H]1n1ccc(=O)[nH]c1=O. The standard InChI is InChI=1S/C10H16FN2O14P3/c1-10(11)7(15)5(25-8(10)13-3-2-6(14)12-9(13)16)4-24-29(20,21)27-30(22,23)26-28(17,18)19/h2-3,5,7-8,15H,4H2,1H3,(H,20,21)(H,22,23)(H,12,14,16)(H2,17,18,19)/t5-,7?,8-,10-/m1/s1. The number of H-pyrrole nitrogens is 1. The van der Waals surface area contributed by atoms with Crippen molar-refractivity contribution in [2.45, 2.75) is 31.0 Å². The number of aliphatic hydroxyl groups excluding tert-OH is 1. The summed E-state index contributed by atoms with van der Waals surface area (Å²) in [5.74, 6) is 0. The van der Waals surface area contributed by atoms with Crippen molar-refractivity contribution in [2.24, 2.45) is 0 Å². The second-order valence-corrected chi connectivity index (χ2v) is 10.4. The number of ether oxygens (including phenoxy) is 1. The Kier molecular flexibility index (Phi) is 7.11. The summed E-state index contributed by atoms with van der Waals surface area (Å²) in [7, 11) is -16.9. The van der Waals surface area contributed by atoms with E-state index < -0.39 is 65.4 Å². The molecule has 6 N–H and O–H groups in total. The van der Waals surface area contributed by atoms with E-state index in [4.69, 9.17) is 19.4 Å². The summed E-state index contributed by atoms with van der Waals surface area (Å²) in [6.07, 6.45) is -4.73. The van der Waals surface area contributed by atoms with E-state index in [0.717, 1.165) is 19.2 Å². The molecule has 0 amide bonds. The quantitative estimate of drug-likeness (QED) is 0.231. The van der Waals surface area contributed by atoms with E-state index in [1.165, 1.54) is 0 Å². The largest absolute Gasteiger partial charge is 0.490 e. The fourth-order valence-electron chi connectivity index (χ4n) is 2.43. The van der Waals surface area contributed by atoms with Gasteiger partial charge in [0.2, 0.25) is 0 Å². The number of aliphatic hydroxyl groups is 1. The third-order valence-corrected chi connectivity index (χ3v) is 7.44. The predicted octanol–water partition coefficient (Wildman–Crippen LogP) is -1.13. The molecule has 172 valence electrons. The van der Waals surface area contributed by atoms with Crippen LogP contribution in [-0.4, -0.2) is 58.7 Å². The fraction of sp³-hybridized carbons (Fsp3) is 0.600. The van der Waals surface area contributed by atoms with Gasteiger partial charge in [0.05, 0.1) is 6.61 Å². The van der Waals surface area contributed by atoms with Gasteiger partial charge in [-0.15, -0.1) is 0 Å². The highest BCUT2D eigenvalue weighted by molar-refractivity contribution is 7.66. The van der Waals surface area contributed by atoms with E-state index in [0.29, 0.717) is 4.57 Å². The van der Waals surface area contributed by atoms with Crippen LogP contribution in [0, 0.1) is 0 Å². The van der Waals surface area contributed by atoms with Gasteiger partial charge in [-0.2, -0.15) is 8.62 Å². The number of halogens is 1. The number of nitrogens with one attached hydrogen (secondary N) is 1. The Bertz CT molecular complexity index is 1050. The van der Waals surface area contributed by atoms with Gasteiger partial charge in [-0.1, -0.05) is 0 Å². The first-order valence-electron chi connectivity index (χ1n) is 7.56. The van der Waals surface area contributed by atoms with Crippen LogP contribution in [0.4, 0.5) is 4.39 Å². The summed E-state index contributed by atoms with van der Waals surface area (Å²) in [6, 6.07) is 0.868. The normalized spacial score (nSPS) is 31.2. The molecule has 0 aliphatic carbocycles. The first kappa shape index (κ1) is 25.2. The van der Waals surface area contributed by atoms with Crippen molar-refractivity contribution in [1.82, 2.24) is 9.55 Å². The molecule has 2 rings (SSSR count). The Morgan fingerprint density at radius 3 is 2.33 bits per heavy atom. The van der Waals surface area contributed by atoms with E-state index in [-0.39, 0.29) is 0 Å². The molecule has 20 heteroatoms. The molecule has 0 aromatic carbocycles. The van der Waals surface area contributed by atoms with Crippen molar-refractivity contribution >= 4 is 23.5 Å². The van der Waals surface area contributed by atoms with Crippen molar-refractivity contribution in [3.05, 3.63) is 33.1 Å². The Labute approximate surface area is 165 Å². The summed E-state index contributed by atoms with van der Waals surface area (Å²) >= 11 is 0. The number of phosphoric ester groups is 1. The smallest absolute Gasteiger partial charge is 0.387 e. The zero-order valence-corrected chi connectivity index (χ0v) is 17.4. The van der Waals surface area contributed by atoms with Crippen molar-refractivity contribution in [2.75, 3.05) is 6.61 Å². The lowest BCUT2D eigenvalue weighted by Gasteiger charge is -2.24. The number of hydrogen-bond acceptors (Lipinski definition) is 10. The number of nitrogens with zero attached hydrogens (tertiary/aromatic N) is 1. The Hall–Kier alpha value is -1.06. The lowest BCUT2D eigenvalue weighted by atomic mass is 9.98. The van der Waals surface area contributed by atoms with E-state index in [9.17, 15) is 37.7 Å². The van der Waals surface area contributed by atoms with E-state index in [1.54, 1.807) is 0 Å².